The van der Waals surface area contributed by atoms with Crippen LogP contribution in [0.25, 0.3) is 0 Å². The SMILES string of the molecule is CN1c2ccc(F)cc2C(=O)N(CCCn2cncn2)C1(O)c1ccc(F)cc1F. The van der Waals surface area contributed by atoms with Crippen molar-refractivity contribution < 1.29 is 23.1 Å². The zero-order chi connectivity index (χ0) is 21.5. The lowest BCUT2D eigenvalue weighted by Gasteiger charge is -2.50. The molecule has 0 radical (unpaired) electrons. The Kier molecular flexibility index (Phi) is 4.94. The van der Waals surface area contributed by atoms with Gasteiger partial charge < -0.3 is 10.0 Å². The second kappa shape index (κ2) is 7.45. The van der Waals surface area contributed by atoms with Gasteiger partial charge in [0.25, 0.3) is 11.8 Å². The molecule has 2 aromatic carbocycles. The van der Waals surface area contributed by atoms with Gasteiger partial charge in [-0.2, -0.15) is 5.10 Å². The predicted molar refractivity (Wildman–Crippen MR) is 101 cm³/mol. The van der Waals surface area contributed by atoms with Gasteiger partial charge in [-0.05, 0) is 36.8 Å². The molecular weight excluding hydrogens is 399 g/mol. The average Bonchev–Trinajstić information content (AvgIpc) is 3.22. The number of carbonyl (C=O) groups is 1. The van der Waals surface area contributed by atoms with Gasteiger partial charge in [-0.1, -0.05) is 0 Å². The minimum atomic E-state index is -2.25. The van der Waals surface area contributed by atoms with Crippen LogP contribution in [0, 0.1) is 17.5 Å². The van der Waals surface area contributed by atoms with Gasteiger partial charge in [-0.3, -0.25) is 14.4 Å². The first-order chi connectivity index (χ1) is 14.3. The highest BCUT2D eigenvalue weighted by Gasteiger charge is 2.50. The number of amides is 1. The fraction of sp³-hybridized carbons (Fsp3) is 0.250. The van der Waals surface area contributed by atoms with Gasteiger partial charge >= 0.3 is 0 Å². The van der Waals surface area contributed by atoms with E-state index >= 15 is 0 Å². The summed E-state index contributed by atoms with van der Waals surface area (Å²) in [6.07, 6.45) is 3.21. The Morgan fingerprint density at radius 2 is 1.80 bits per heavy atom. The highest BCUT2D eigenvalue weighted by Crippen LogP contribution is 2.41. The Morgan fingerprint density at radius 3 is 2.50 bits per heavy atom. The molecule has 1 aliphatic heterocycles. The van der Waals surface area contributed by atoms with Crippen molar-refractivity contribution in [3.05, 3.63) is 77.6 Å². The Morgan fingerprint density at radius 1 is 1.07 bits per heavy atom. The van der Waals surface area contributed by atoms with Gasteiger partial charge in [0, 0.05) is 26.2 Å². The van der Waals surface area contributed by atoms with Gasteiger partial charge in [0.1, 0.15) is 30.1 Å². The topological polar surface area (TPSA) is 74.5 Å². The van der Waals surface area contributed by atoms with Crippen LogP contribution in [0.5, 0.6) is 0 Å². The number of aliphatic hydroxyl groups is 1. The van der Waals surface area contributed by atoms with Crippen LogP contribution < -0.4 is 4.90 Å². The monoisotopic (exact) mass is 417 g/mol. The van der Waals surface area contributed by atoms with E-state index in [1.54, 1.807) is 4.68 Å². The van der Waals surface area contributed by atoms with Gasteiger partial charge in [-0.15, -0.1) is 0 Å². The molecule has 1 unspecified atom stereocenters. The van der Waals surface area contributed by atoms with E-state index in [1.165, 1.54) is 30.7 Å². The van der Waals surface area contributed by atoms with Crippen molar-refractivity contribution in [1.82, 2.24) is 19.7 Å². The molecule has 0 saturated heterocycles. The molecule has 0 spiro atoms. The van der Waals surface area contributed by atoms with E-state index in [2.05, 4.69) is 10.1 Å². The van der Waals surface area contributed by atoms with Crippen molar-refractivity contribution in [3.63, 3.8) is 0 Å². The fourth-order valence-electron chi connectivity index (χ4n) is 3.69. The number of benzene rings is 2. The maximum absolute atomic E-state index is 14.7. The van der Waals surface area contributed by atoms with E-state index in [0.717, 1.165) is 29.2 Å². The smallest absolute Gasteiger partial charge is 0.260 e. The maximum atomic E-state index is 14.7. The standard InChI is InChI=1S/C20H18F3N5O2/c1-26-18-6-4-13(21)9-15(18)19(29)28(8-2-7-27-12-24-11-25-27)20(26,30)16-5-3-14(22)10-17(16)23/h3-6,9-12,30H,2,7-8H2,1H3. The Hall–Kier alpha value is -3.40. The Labute approximate surface area is 170 Å². The third kappa shape index (κ3) is 3.18. The first-order valence-electron chi connectivity index (χ1n) is 9.18. The number of aryl methyl sites for hydroxylation is 1. The molecule has 156 valence electrons. The lowest BCUT2D eigenvalue weighted by atomic mass is 9.98. The predicted octanol–water partition coefficient (Wildman–Crippen LogP) is 2.48. The average molecular weight is 417 g/mol. The van der Waals surface area contributed by atoms with Crippen molar-refractivity contribution in [2.24, 2.45) is 0 Å². The van der Waals surface area contributed by atoms with Crippen molar-refractivity contribution in [1.29, 1.82) is 0 Å². The summed E-state index contributed by atoms with van der Waals surface area (Å²) in [6.45, 7) is 0.373. The number of anilines is 1. The van der Waals surface area contributed by atoms with Crippen LogP contribution in [0.2, 0.25) is 0 Å². The van der Waals surface area contributed by atoms with E-state index in [0.29, 0.717) is 19.0 Å². The lowest BCUT2D eigenvalue weighted by Crippen LogP contribution is -2.63. The summed E-state index contributed by atoms with van der Waals surface area (Å²) in [4.78, 5) is 19.4. The molecule has 4 rings (SSSR count). The van der Waals surface area contributed by atoms with Crippen LogP contribution in [0.3, 0.4) is 0 Å². The van der Waals surface area contributed by atoms with Crippen LogP contribution in [0.15, 0.2) is 49.1 Å². The Bertz CT molecular complexity index is 1090. The molecule has 1 amide bonds. The summed E-state index contributed by atoms with van der Waals surface area (Å²) < 4.78 is 43.5. The van der Waals surface area contributed by atoms with Crippen molar-refractivity contribution in [2.45, 2.75) is 18.8 Å². The first-order valence-corrected chi connectivity index (χ1v) is 9.18. The number of aromatic nitrogens is 3. The van der Waals surface area contributed by atoms with E-state index < -0.39 is 29.2 Å². The molecule has 7 nitrogen and oxygen atoms in total. The third-order valence-electron chi connectivity index (χ3n) is 5.17. The summed E-state index contributed by atoms with van der Waals surface area (Å²) in [5.41, 5.74) is -0.0407. The van der Waals surface area contributed by atoms with E-state index in [9.17, 15) is 23.1 Å². The lowest BCUT2D eigenvalue weighted by molar-refractivity contribution is -0.0992. The van der Waals surface area contributed by atoms with Crippen LogP contribution in [-0.4, -0.2) is 44.3 Å². The van der Waals surface area contributed by atoms with Gasteiger partial charge in [0.05, 0.1) is 16.8 Å². The largest absolute Gasteiger partial charge is 0.350 e. The van der Waals surface area contributed by atoms with Crippen molar-refractivity contribution in [2.75, 3.05) is 18.5 Å². The van der Waals surface area contributed by atoms with Gasteiger partial charge in [0.15, 0.2) is 0 Å². The molecular formula is C20H18F3N5O2. The van der Waals surface area contributed by atoms with Crippen molar-refractivity contribution >= 4 is 11.6 Å². The molecule has 1 N–H and O–H groups in total. The quantitative estimate of drug-likeness (QED) is 0.691. The van der Waals surface area contributed by atoms with E-state index in [1.807, 2.05) is 0 Å². The molecule has 0 bridgehead atoms. The molecule has 0 fully saturated rings. The molecule has 0 saturated carbocycles. The van der Waals surface area contributed by atoms with Crippen LogP contribution >= 0.6 is 0 Å². The molecule has 3 aromatic rings. The summed E-state index contributed by atoms with van der Waals surface area (Å²) in [6, 6.07) is 6.28. The summed E-state index contributed by atoms with van der Waals surface area (Å²) in [5, 5.41) is 15.6. The summed E-state index contributed by atoms with van der Waals surface area (Å²) >= 11 is 0. The number of nitrogens with zero attached hydrogens (tertiary/aromatic N) is 5. The van der Waals surface area contributed by atoms with E-state index in [4.69, 9.17) is 0 Å². The van der Waals surface area contributed by atoms with Crippen LogP contribution in [0.4, 0.5) is 18.9 Å². The molecule has 10 heteroatoms. The third-order valence-corrected chi connectivity index (χ3v) is 5.17. The molecule has 1 atom stereocenters. The van der Waals surface area contributed by atoms with Gasteiger partial charge in [0.2, 0.25) is 0 Å². The normalized spacial score (nSPS) is 18.6. The highest BCUT2D eigenvalue weighted by atomic mass is 19.1. The molecule has 0 aliphatic carbocycles. The number of fused-ring (bicyclic) bond motifs is 1. The molecule has 30 heavy (non-hydrogen) atoms. The number of hydrogen-bond donors (Lipinski definition) is 1. The fourth-order valence-corrected chi connectivity index (χ4v) is 3.69. The second-order valence-corrected chi connectivity index (χ2v) is 6.95. The second-order valence-electron chi connectivity index (χ2n) is 6.95. The minimum absolute atomic E-state index is 0.00764. The number of halogens is 3. The summed E-state index contributed by atoms with van der Waals surface area (Å²) in [5.74, 6) is -5.36. The number of rotatable bonds is 5. The zero-order valence-electron chi connectivity index (χ0n) is 16.0. The van der Waals surface area contributed by atoms with Crippen molar-refractivity contribution in [3.8, 4) is 0 Å². The zero-order valence-corrected chi connectivity index (χ0v) is 16.0. The summed E-state index contributed by atoms with van der Waals surface area (Å²) in [7, 11) is 1.45. The maximum Gasteiger partial charge on any atom is 0.260 e. The van der Waals surface area contributed by atoms with E-state index in [-0.39, 0.29) is 23.4 Å². The number of carbonyl (C=O) groups excluding carboxylic acids is 1. The minimum Gasteiger partial charge on any atom is -0.350 e. The van der Waals surface area contributed by atoms with Gasteiger partial charge in [-0.25, -0.2) is 18.2 Å². The van der Waals surface area contributed by atoms with Crippen LogP contribution in [-0.2, 0) is 12.4 Å². The van der Waals surface area contributed by atoms with Crippen LogP contribution in [0.1, 0.15) is 22.3 Å². The molecule has 1 aromatic heterocycles. The molecule has 1 aliphatic rings. The Balaban J connectivity index is 1.78. The highest BCUT2D eigenvalue weighted by molar-refractivity contribution is 6.02. The molecule has 2 heterocycles. The number of hydrogen-bond acceptors (Lipinski definition) is 5. The first kappa shape index (κ1) is 19.9.